The van der Waals surface area contributed by atoms with Crippen LogP contribution in [0.15, 0.2) is 54.9 Å². The third kappa shape index (κ3) is 6.30. The molecule has 0 spiro atoms. The van der Waals surface area contributed by atoms with Gasteiger partial charge in [0.05, 0.1) is 30.6 Å². The Morgan fingerprint density at radius 2 is 1.84 bits per heavy atom. The monoisotopic (exact) mass is 522 g/mol. The lowest BCUT2D eigenvalue weighted by Crippen LogP contribution is -2.15. The van der Waals surface area contributed by atoms with Gasteiger partial charge in [0.25, 0.3) is 0 Å². The van der Waals surface area contributed by atoms with E-state index in [1.165, 1.54) is 6.20 Å². The Morgan fingerprint density at radius 3 is 2.47 bits per heavy atom. The molecule has 1 atom stereocenters. The number of aromatic amines is 1. The molecule has 0 aliphatic rings. The van der Waals surface area contributed by atoms with Crippen molar-refractivity contribution in [3.63, 3.8) is 0 Å². The van der Waals surface area contributed by atoms with Crippen LogP contribution < -0.4 is 10.1 Å². The third-order valence-electron chi connectivity index (χ3n) is 5.69. The fraction of sp³-hybridized carbons (Fsp3) is 0.250. The smallest absolute Gasteiger partial charge is 0.421 e. The molecule has 0 aliphatic carbocycles. The van der Waals surface area contributed by atoms with Crippen molar-refractivity contribution in [1.82, 2.24) is 15.0 Å². The predicted molar refractivity (Wildman–Crippen MR) is 138 cm³/mol. The number of nitrogens with zero attached hydrogens (tertiary/aromatic N) is 2. The van der Waals surface area contributed by atoms with Gasteiger partial charge < -0.3 is 24.9 Å². The molecule has 1 unspecified atom stereocenters. The van der Waals surface area contributed by atoms with Crippen molar-refractivity contribution in [3.8, 4) is 28.8 Å². The number of methoxy groups -OCH3 is 1. The first-order chi connectivity index (χ1) is 18.0. The van der Waals surface area contributed by atoms with Crippen LogP contribution in [0.1, 0.15) is 36.6 Å². The molecule has 10 heteroatoms. The molecule has 0 saturated carbocycles. The summed E-state index contributed by atoms with van der Waals surface area (Å²) in [6.45, 7) is 3.29. The minimum absolute atomic E-state index is 0.0828. The van der Waals surface area contributed by atoms with Gasteiger partial charge in [-0.1, -0.05) is 30.2 Å². The number of aldehydes is 1. The first kappa shape index (κ1) is 26.7. The van der Waals surface area contributed by atoms with Crippen molar-refractivity contribution in [2.45, 2.75) is 31.5 Å². The van der Waals surface area contributed by atoms with Gasteiger partial charge in [-0.3, -0.25) is 0 Å². The fourth-order valence-corrected chi connectivity index (χ4v) is 3.77. The van der Waals surface area contributed by atoms with Gasteiger partial charge in [-0.25, -0.2) is 9.97 Å². The fourth-order valence-electron chi connectivity index (χ4n) is 3.77. The highest BCUT2D eigenvalue weighted by molar-refractivity contribution is 5.83. The number of hydrogen-bond acceptors (Lipinski definition) is 6. The summed E-state index contributed by atoms with van der Waals surface area (Å²) in [7, 11) is 1.12. The van der Waals surface area contributed by atoms with Crippen LogP contribution in [0.25, 0.3) is 22.2 Å². The SMILES string of the molecule is COc1ncc(NCC(C=O)c2ccc(-c3cnc4[nH]c(C#CC(C)(C)O)cc4c3)cc2)cc1C(F)(F)F. The molecular weight excluding hydrogens is 497 g/mol. The summed E-state index contributed by atoms with van der Waals surface area (Å²) in [5.41, 5.74) is 1.76. The first-order valence-electron chi connectivity index (χ1n) is 11.6. The third-order valence-corrected chi connectivity index (χ3v) is 5.69. The van der Waals surface area contributed by atoms with Crippen molar-refractivity contribution in [3.05, 3.63) is 71.7 Å². The molecule has 3 heterocycles. The Kier molecular flexibility index (Phi) is 7.41. The Balaban J connectivity index is 1.49. The number of hydrogen-bond donors (Lipinski definition) is 3. The van der Waals surface area contributed by atoms with E-state index in [0.29, 0.717) is 16.9 Å². The molecular formula is C28H25F3N4O3. The molecule has 4 aromatic rings. The van der Waals surface area contributed by atoms with Gasteiger partial charge in [0, 0.05) is 23.7 Å². The highest BCUT2D eigenvalue weighted by Gasteiger charge is 2.35. The molecule has 0 fully saturated rings. The van der Waals surface area contributed by atoms with Gasteiger partial charge in [-0.15, -0.1) is 0 Å². The van der Waals surface area contributed by atoms with E-state index in [4.69, 9.17) is 4.74 Å². The standard InChI is InChI=1S/C28H25F3N4O3/c1-27(2,37)9-8-22-11-19-10-20(13-33-25(19)35-22)17-4-6-18(7-5-17)21(16-36)14-32-23-12-24(28(29,30)31)26(38-3)34-15-23/h4-7,10-13,15-16,21,32,37H,14H2,1-3H3,(H,33,35). The van der Waals surface area contributed by atoms with Crippen LogP contribution in [0.5, 0.6) is 5.88 Å². The lowest BCUT2D eigenvalue weighted by Gasteiger charge is -2.16. The van der Waals surface area contributed by atoms with Crippen LogP contribution in [-0.4, -0.2) is 45.6 Å². The number of H-pyrrole nitrogens is 1. The maximum absolute atomic E-state index is 13.3. The number of pyridine rings is 2. The van der Waals surface area contributed by atoms with Crippen molar-refractivity contribution in [2.75, 3.05) is 19.0 Å². The molecule has 7 nitrogen and oxygen atoms in total. The number of aromatic nitrogens is 3. The number of rotatable bonds is 7. The second-order valence-corrected chi connectivity index (χ2v) is 9.18. The van der Waals surface area contributed by atoms with E-state index in [2.05, 4.69) is 32.1 Å². The van der Waals surface area contributed by atoms with Gasteiger partial charge in [0.15, 0.2) is 0 Å². The van der Waals surface area contributed by atoms with Gasteiger partial charge >= 0.3 is 6.18 Å². The molecule has 0 bridgehead atoms. The Morgan fingerprint density at radius 1 is 1.11 bits per heavy atom. The molecule has 196 valence electrons. The molecule has 0 amide bonds. The molecule has 3 aromatic heterocycles. The minimum Gasteiger partial charge on any atom is -0.481 e. The van der Waals surface area contributed by atoms with Crippen LogP contribution in [-0.2, 0) is 11.0 Å². The zero-order valence-corrected chi connectivity index (χ0v) is 20.8. The normalized spacial score (nSPS) is 12.5. The number of halogens is 3. The van der Waals surface area contributed by atoms with E-state index in [0.717, 1.165) is 36.0 Å². The molecule has 0 saturated heterocycles. The summed E-state index contributed by atoms with van der Waals surface area (Å²) < 4.78 is 44.5. The number of carbonyl (C=O) groups is 1. The topological polar surface area (TPSA) is 100 Å². The van der Waals surface area contributed by atoms with Crippen LogP contribution >= 0.6 is 0 Å². The predicted octanol–water partition coefficient (Wildman–Crippen LogP) is 5.17. The molecule has 0 radical (unpaired) electrons. The number of nitrogens with one attached hydrogen (secondary N) is 2. The molecule has 3 N–H and O–H groups in total. The summed E-state index contributed by atoms with van der Waals surface area (Å²) in [5, 5.41) is 13.5. The van der Waals surface area contributed by atoms with E-state index < -0.39 is 29.1 Å². The zero-order chi connectivity index (χ0) is 27.5. The van der Waals surface area contributed by atoms with Crippen LogP contribution in [0.3, 0.4) is 0 Å². The highest BCUT2D eigenvalue weighted by atomic mass is 19.4. The zero-order valence-electron chi connectivity index (χ0n) is 20.8. The lowest BCUT2D eigenvalue weighted by atomic mass is 9.97. The van der Waals surface area contributed by atoms with E-state index in [-0.39, 0.29) is 12.2 Å². The second kappa shape index (κ2) is 10.6. The number of anilines is 1. The maximum Gasteiger partial charge on any atom is 0.421 e. The molecule has 1 aromatic carbocycles. The summed E-state index contributed by atoms with van der Waals surface area (Å²) in [5.74, 6) is 4.54. The van der Waals surface area contributed by atoms with Crippen molar-refractivity contribution >= 4 is 23.0 Å². The maximum atomic E-state index is 13.3. The Labute approximate surface area is 217 Å². The van der Waals surface area contributed by atoms with Crippen molar-refractivity contribution in [2.24, 2.45) is 0 Å². The molecule has 4 rings (SSSR count). The summed E-state index contributed by atoms with van der Waals surface area (Å²) in [4.78, 5) is 23.0. The number of fused-ring (bicyclic) bond motifs is 1. The quantitative estimate of drug-likeness (QED) is 0.229. The minimum atomic E-state index is -4.63. The van der Waals surface area contributed by atoms with Crippen LogP contribution in [0.2, 0.25) is 0 Å². The Hall–Kier alpha value is -4.36. The number of carbonyl (C=O) groups excluding carboxylic acids is 1. The average molecular weight is 523 g/mol. The lowest BCUT2D eigenvalue weighted by molar-refractivity contribution is -0.139. The van der Waals surface area contributed by atoms with Gasteiger partial charge in [-0.05, 0) is 49.1 Å². The number of ether oxygens (including phenoxy) is 1. The van der Waals surface area contributed by atoms with Gasteiger partial charge in [0.1, 0.15) is 23.1 Å². The second-order valence-electron chi connectivity index (χ2n) is 9.18. The summed E-state index contributed by atoms with van der Waals surface area (Å²) in [6.07, 6.45) is -0.938. The van der Waals surface area contributed by atoms with E-state index in [1.807, 2.05) is 24.3 Å². The summed E-state index contributed by atoms with van der Waals surface area (Å²) >= 11 is 0. The van der Waals surface area contributed by atoms with Gasteiger partial charge in [-0.2, -0.15) is 13.2 Å². The van der Waals surface area contributed by atoms with Crippen molar-refractivity contribution < 1.29 is 27.8 Å². The average Bonchev–Trinajstić information content (AvgIpc) is 3.29. The first-order valence-corrected chi connectivity index (χ1v) is 11.6. The van der Waals surface area contributed by atoms with E-state index in [1.54, 1.807) is 32.2 Å². The summed E-state index contributed by atoms with van der Waals surface area (Å²) in [6, 6.07) is 12.0. The number of alkyl halides is 3. The van der Waals surface area contributed by atoms with Crippen LogP contribution in [0.4, 0.5) is 18.9 Å². The largest absolute Gasteiger partial charge is 0.481 e. The Bertz CT molecular complexity index is 1510. The van der Waals surface area contributed by atoms with E-state index in [9.17, 15) is 23.1 Å². The number of benzene rings is 1. The highest BCUT2D eigenvalue weighted by Crippen LogP contribution is 2.36. The number of aliphatic hydroxyl groups is 1. The van der Waals surface area contributed by atoms with Crippen molar-refractivity contribution in [1.29, 1.82) is 0 Å². The molecule has 38 heavy (non-hydrogen) atoms. The van der Waals surface area contributed by atoms with Gasteiger partial charge in [0.2, 0.25) is 5.88 Å². The van der Waals surface area contributed by atoms with E-state index >= 15 is 0 Å². The van der Waals surface area contributed by atoms with Crippen LogP contribution in [0, 0.1) is 11.8 Å². The molecule has 0 aliphatic heterocycles.